The van der Waals surface area contributed by atoms with Crippen molar-refractivity contribution in [2.75, 3.05) is 0 Å². The highest BCUT2D eigenvalue weighted by molar-refractivity contribution is 9.10. The van der Waals surface area contributed by atoms with Crippen molar-refractivity contribution in [2.45, 2.75) is 19.5 Å². The second-order valence-electron chi connectivity index (χ2n) is 7.90. The fourth-order valence-electron chi connectivity index (χ4n) is 3.14. The third kappa shape index (κ3) is 9.36. The van der Waals surface area contributed by atoms with Crippen LogP contribution in [0.5, 0.6) is 0 Å². The summed E-state index contributed by atoms with van der Waals surface area (Å²) in [7, 11) is 0. The van der Waals surface area contributed by atoms with Crippen LogP contribution in [-0.4, -0.2) is 31.8 Å². The Bertz CT molecular complexity index is 1560. The van der Waals surface area contributed by atoms with Crippen LogP contribution < -0.4 is 10.6 Å². The zero-order valence-electron chi connectivity index (χ0n) is 20.5. The molecule has 0 saturated carbocycles. The number of pyridine rings is 4. The summed E-state index contributed by atoms with van der Waals surface area (Å²) >= 11 is 42.3. The van der Waals surface area contributed by atoms with E-state index >= 15 is 0 Å². The first kappa shape index (κ1) is 33.7. The molecule has 1 unspecified atom stereocenters. The van der Waals surface area contributed by atoms with Gasteiger partial charge in [0.2, 0.25) is 0 Å². The normalized spacial score (nSPS) is 11.2. The van der Waals surface area contributed by atoms with Gasteiger partial charge in [0.1, 0.15) is 10.3 Å². The number of hydrogen-bond acceptors (Lipinski definition) is 6. The van der Waals surface area contributed by atoms with Gasteiger partial charge in [0, 0.05) is 33.7 Å². The molecule has 0 saturated heterocycles. The maximum Gasteiger partial charge on any atom is 0.256 e. The largest absolute Gasteiger partial charge is 0.346 e. The number of aromatic nitrogens is 4. The molecule has 0 spiro atoms. The van der Waals surface area contributed by atoms with E-state index in [0.717, 1.165) is 8.95 Å². The van der Waals surface area contributed by atoms with Gasteiger partial charge in [-0.1, -0.05) is 69.6 Å². The second kappa shape index (κ2) is 15.6. The molecule has 41 heavy (non-hydrogen) atoms. The average molecular weight is 805 g/mol. The Kier molecular flexibility index (Phi) is 12.9. The van der Waals surface area contributed by atoms with Crippen LogP contribution in [0, 0.1) is 0 Å². The molecule has 4 rings (SSSR count). The number of nitrogens with one attached hydrogen (secondary N) is 2. The molecule has 2 amide bonds. The molecule has 4 heterocycles. The van der Waals surface area contributed by atoms with Gasteiger partial charge < -0.3 is 10.6 Å². The monoisotopic (exact) mass is 800 g/mol. The number of carbonyl (C=O) groups excluding carboxylic acids is 2. The molecule has 0 aliphatic heterocycles. The van der Waals surface area contributed by atoms with E-state index in [2.05, 4.69) is 62.4 Å². The molecule has 0 bridgehead atoms. The summed E-state index contributed by atoms with van der Waals surface area (Å²) in [6.07, 6.45) is 6.05. The molecule has 0 aliphatic rings. The lowest BCUT2D eigenvalue weighted by molar-refractivity contribution is 0.0934. The molecule has 0 fully saturated rings. The molecule has 8 nitrogen and oxygen atoms in total. The van der Waals surface area contributed by atoms with Crippen LogP contribution in [-0.2, 0) is 6.54 Å². The van der Waals surface area contributed by atoms with E-state index in [0.29, 0.717) is 21.4 Å². The highest BCUT2D eigenvalue weighted by Gasteiger charge is 2.20. The van der Waals surface area contributed by atoms with E-state index in [9.17, 15) is 9.59 Å². The summed E-state index contributed by atoms with van der Waals surface area (Å²) in [6.45, 7) is 1.92. The number of halogens is 8. The molecule has 2 N–H and O–H groups in total. The van der Waals surface area contributed by atoms with Crippen LogP contribution >= 0.6 is 101 Å². The molecular weight excluding hydrogens is 789 g/mol. The van der Waals surface area contributed by atoms with Gasteiger partial charge in [-0.15, -0.1) is 0 Å². The fourth-order valence-corrected chi connectivity index (χ4v) is 5.68. The number of hydrogen-bond donors (Lipinski definition) is 2. The summed E-state index contributed by atoms with van der Waals surface area (Å²) in [5.74, 6) is -0.875. The van der Waals surface area contributed by atoms with E-state index in [4.69, 9.17) is 69.6 Å². The SMILES string of the molecule is CC(NC(=O)c1c(Cl)ccnc1Cl)c1ncc(Br)cc1Cl.O=C(NCc1ncc(Br)cc1Cl)c1c(Cl)ccnc1Cl. The van der Waals surface area contributed by atoms with Crippen LogP contribution in [0.25, 0.3) is 0 Å². The molecule has 0 aromatic carbocycles. The molecule has 0 radical (unpaired) electrons. The highest BCUT2D eigenvalue weighted by Crippen LogP contribution is 2.27. The predicted molar refractivity (Wildman–Crippen MR) is 169 cm³/mol. The summed E-state index contributed by atoms with van der Waals surface area (Å²) < 4.78 is 1.52. The summed E-state index contributed by atoms with van der Waals surface area (Å²) in [5.41, 5.74) is 1.34. The first-order valence-electron chi connectivity index (χ1n) is 11.2. The average Bonchev–Trinajstić information content (AvgIpc) is 2.88. The van der Waals surface area contributed by atoms with Crippen molar-refractivity contribution < 1.29 is 9.59 Å². The van der Waals surface area contributed by atoms with Crippen molar-refractivity contribution in [1.29, 1.82) is 0 Å². The molecule has 4 aromatic rings. The van der Waals surface area contributed by atoms with Crippen LogP contribution in [0.1, 0.15) is 45.1 Å². The van der Waals surface area contributed by atoms with Crippen molar-refractivity contribution in [3.05, 3.63) is 111 Å². The minimum Gasteiger partial charge on any atom is -0.346 e. The van der Waals surface area contributed by atoms with Crippen molar-refractivity contribution >= 4 is 113 Å². The third-order valence-electron chi connectivity index (χ3n) is 5.06. The van der Waals surface area contributed by atoms with Gasteiger partial charge in [-0.05, 0) is 63.0 Å². The lowest BCUT2D eigenvalue weighted by Crippen LogP contribution is -2.28. The first-order valence-corrected chi connectivity index (χ1v) is 15.0. The molecule has 214 valence electrons. The van der Waals surface area contributed by atoms with Crippen LogP contribution in [0.4, 0.5) is 0 Å². The smallest absolute Gasteiger partial charge is 0.256 e. The molecule has 0 aliphatic carbocycles. The van der Waals surface area contributed by atoms with Gasteiger partial charge in [-0.25, -0.2) is 9.97 Å². The predicted octanol–water partition coefficient (Wildman–Crippen LogP) is 8.82. The Morgan fingerprint density at radius 2 is 1.27 bits per heavy atom. The Balaban J connectivity index is 0.000000226. The Morgan fingerprint density at radius 3 is 1.78 bits per heavy atom. The highest BCUT2D eigenvalue weighted by atomic mass is 79.9. The van der Waals surface area contributed by atoms with Crippen LogP contribution in [0.3, 0.4) is 0 Å². The van der Waals surface area contributed by atoms with E-state index in [1.807, 2.05) is 0 Å². The minimum atomic E-state index is -0.439. The summed E-state index contributed by atoms with van der Waals surface area (Å²) in [4.78, 5) is 40.3. The van der Waals surface area contributed by atoms with Gasteiger partial charge in [0.15, 0.2) is 0 Å². The molecule has 4 aromatic heterocycles. The van der Waals surface area contributed by atoms with E-state index in [1.165, 1.54) is 24.5 Å². The second-order valence-corrected chi connectivity index (χ2v) is 12.1. The van der Waals surface area contributed by atoms with Crippen LogP contribution in [0.2, 0.25) is 30.4 Å². The quantitative estimate of drug-likeness (QED) is 0.189. The molecule has 1 atom stereocenters. The third-order valence-corrected chi connectivity index (χ3v) is 7.76. The van der Waals surface area contributed by atoms with E-state index < -0.39 is 17.9 Å². The van der Waals surface area contributed by atoms with Crippen molar-refractivity contribution in [1.82, 2.24) is 30.6 Å². The van der Waals surface area contributed by atoms with Crippen molar-refractivity contribution in [3.63, 3.8) is 0 Å². The van der Waals surface area contributed by atoms with Gasteiger partial charge in [-0.2, -0.15) is 0 Å². The lowest BCUT2D eigenvalue weighted by atomic mass is 10.2. The fraction of sp³-hybridized carbons (Fsp3) is 0.120. The standard InChI is InChI=1S/C13H9BrCl3N3O.C12H7BrCl3N3O/c1-6(11-9(16)4-7(14)5-19-11)20-13(21)10-8(15)2-3-18-12(10)17;13-6-3-8(15)9(18-4-6)5-19-12(20)10-7(14)1-2-17-11(10)16/h2-6H,1H3,(H,20,21);1-4H,5H2,(H,19,20). The Labute approximate surface area is 281 Å². The Hall–Kier alpha value is -1.76. The Morgan fingerprint density at radius 1 is 0.756 bits per heavy atom. The van der Waals surface area contributed by atoms with Crippen molar-refractivity contribution in [2.24, 2.45) is 0 Å². The maximum absolute atomic E-state index is 12.2. The zero-order valence-corrected chi connectivity index (χ0v) is 28.2. The number of rotatable bonds is 6. The summed E-state index contributed by atoms with van der Waals surface area (Å²) in [5, 5.41) is 6.84. The maximum atomic E-state index is 12.2. The number of nitrogens with zero attached hydrogens (tertiary/aromatic N) is 4. The van der Waals surface area contributed by atoms with Crippen molar-refractivity contribution in [3.8, 4) is 0 Å². The molecular formula is C25H16Br2Cl6N6O2. The number of amides is 2. The van der Waals surface area contributed by atoms with Gasteiger partial charge in [-0.3, -0.25) is 19.6 Å². The van der Waals surface area contributed by atoms with Gasteiger partial charge in [0.05, 0.1) is 55.2 Å². The van der Waals surface area contributed by atoms with Gasteiger partial charge >= 0.3 is 0 Å². The van der Waals surface area contributed by atoms with Crippen LogP contribution in [0.15, 0.2) is 58.0 Å². The van der Waals surface area contributed by atoms with Gasteiger partial charge in [0.25, 0.3) is 11.8 Å². The topological polar surface area (TPSA) is 110 Å². The first-order chi connectivity index (χ1) is 19.4. The lowest BCUT2D eigenvalue weighted by Gasteiger charge is -2.15. The molecule has 16 heteroatoms. The number of carbonyl (C=O) groups is 2. The van der Waals surface area contributed by atoms with E-state index in [-0.39, 0.29) is 38.0 Å². The zero-order chi connectivity index (χ0) is 30.3. The van der Waals surface area contributed by atoms with E-state index in [1.54, 1.807) is 31.5 Å². The minimum absolute atomic E-state index is 0.0436. The summed E-state index contributed by atoms with van der Waals surface area (Å²) in [6, 6.07) is 5.98.